The minimum atomic E-state index is 0.718. The van der Waals surface area contributed by atoms with Gasteiger partial charge in [0.15, 0.2) is 0 Å². The molecule has 0 spiro atoms. The van der Waals surface area contributed by atoms with Crippen molar-refractivity contribution in [1.82, 2.24) is 9.78 Å². The molecule has 1 aliphatic rings. The molecule has 0 radical (unpaired) electrons. The first-order valence-electron chi connectivity index (χ1n) is 7.43. The molecular formula is C17H24N4. The van der Waals surface area contributed by atoms with E-state index in [1.807, 2.05) is 38.2 Å². The van der Waals surface area contributed by atoms with Gasteiger partial charge in [-0.3, -0.25) is 4.68 Å². The molecule has 2 aromatic rings. The molecule has 0 saturated heterocycles. The van der Waals surface area contributed by atoms with Crippen molar-refractivity contribution in [2.75, 3.05) is 7.05 Å². The first kappa shape index (κ1) is 16.9. The highest BCUT2D eigenvalue weighted by atomic mass is 15.3. The summed E-state index contributed by atoms with van der Waals surface area (Å²) in [4.78, 5) is 0. The highest BCUT2D eigenvalue weighted by molar-refractivity contribution is 5.70. The van der Waals surface area contributed by atoms with Crippen LogP contribution in [0.5, 0.6) is 0 Å². The third kappa shape index (κ3) is 3.50. The summed E-state index contributed by atoms with van der Waals surface area (Å²) in [7, 11) is 1.50. The zero-order chi connectivity index (χ0) is 15.8. The van der Waals surface area contributed by atoms with E-state index >= 15 is 0 Å². The smallest absolute Gasteiger partial charge is 0.0991 e. The van der Waals surface area contributed by atoms with E-state index in [1.165, 1.54) is 30.3 Å². The van der Waals surface area contributed by atoms with Crippen molar-refractivity contribution >= 4 is 0 Å². The van der Waals surface area contributed by atoms with Crippen LogP contribution in [0, 0.1) is 18.3 Å². The summed E-state index contributed by atoms with van der Waals surface area (Å²) >= 11 is 0. The largest absolute Gasteiger partial charge is 0.333 e. The molecule has 0 atom stereocenters. The van der Waals surface area contributed by atoms with Crippen molar-refractivity contribution in [2.24, 2.45) is 5.73 Å². The fourth-order valence-electron chi connectivity index (χ4n) is 2.52. The summed E-state index contributed by atoms with van der Waals surface area (Å²) in [6, 6.07) is 8.02. The van der Waals surface area contributed by atoms with E-state index in [-0.39, 0.29) is 0 Å². The van der Waals surface area contributed by atoms with E-state index in [2.05, 4.69) is 28.5 Å². The van der Waals surface area contributed by atoms with Crippen LogP contribution in [-0.2, 0) is 13.0 Å². The molecule has 112 valence electrons. The van der Waals surface area contributed by atoms with Crippen LogP contribution in [0.15, 0.2) is 24.4 Å². The van der Waals surface area contributed by atoms with E-state index in [1.54, 1.807) is 0 Å². The van der Waals surface area contributed by atoms with E-state index < -0.39 is 0 Å². The van der Waals surface area contributed by atoms with Gasteiger partial charge in [-0.15, -0.1) is 0 Å². The molecular weight excluding hydrogens is 260 g/mol. The first-order chi connectivity index (χ1) is 10.3. The van der Waals surface area contributed by atoms with Crippen molar-refractivity contribution in [2.45, 2.75) is 40.2 Å². The lowest BCUT2D eigenvalue weighted by Gasteiger charge is -2.05. The number of hydrogen-bond acceptors (Lipinski definition) is 3. The molecule has 1 aromatic carbocycles. The van der Waals surface area contributed by atoms with Gasteiger partial charge >= 0.3 is 0 Å². The Kier molecular flexibility index (Phi) is 6.64. The molecule has 2 N–H and O–H groups in total. The van der Waals surface area contributed by atoms with Gasteiger partial charge in [0, 0.05) is 17.8 Å². The maximum absolute atomic E-state index is 8.87. The SMILES string of the molecule is CC.CN.Cc1cc(C#N)ccc1-c1cnn2c1CCC2. The monoisotopic (exact) mass is 284 g/mol. The van der Waals surface area contributed by atoms with Crippen LogP contribution >= 0.6 is 0 Å². The molecule has 21 heavy (non-hydrogen) atoms. The van der Waals surface area contributed by atoms with E-state index in [4.69, 9.17) is 5.26 Å². The third-order valence-electron chi connectivity index (χ3n) is 3.38. The lowest BCUT2D eigenvalue weighted by atomic mass is 9.98. The van der Waals surface area contributed by atoms with E-state index in [0.29, 0.717) is 0 Å². The van der Waals surface area contributed by atoms with Gasteiger partial charge in [0.25, 0.3) is 0 Å². The van der Waals surface area contributed by atoms with Crippen LogP contribution in [0.1, 0.15) is 37.1 Å². The molecule has 4 heteroatoms. The van der Waals surface area contributed by atoms with Gasteiger partial charge in [-0.05, 0) is 50.1 Å². The number of nitrogens with zero attached hydrogens (tertiary/aromatic N) is 3. The first-order valence-corrected chi connectivity index (χ1v) is 7.43. The zero-order valence-corrected chi connectivity index (χ0v) is 13.3. The Morgan fingerprint density at radius 2 is 1.95 bits per heavy atom. The number of fused-ring (bicyclic) bond motifs is 1. The normalized spacial score (nSPS) is 11.4. The summed E-state index contributed by atoms with van der Waals surface area (Å²) in [6.45, 7) is 7.08. The lowest BCUT2D eigenvalue weighted by Crippen LogP contribution is -1.93. The number of nitriles is 1. The molecule has 3 rings (SSSR count). The fourth-order valence-corrected chi connectivity index (χ4v) is 2.52. The Bertz CT molecular complexity index is 620. The van der Waals surface area contributed by atoms with Crippen LogP contribution in [0.25, 0.3) is 11.1 Å². The predicted molar refractivity (Wildman–Crippen MR) is 86.9 cm³/mol. The van der Waals surface area contributed by atoms with Crippen molar-refractivity contribution in [3.05, 3.63) is 41.2 Å². The average molecular weight is 284 g/mol. The number of nitrogens with two attached hydrogens (primary N) is 1. The van der Waals surface area contributed by atoms with Gasteiger partial charge in [-0.1, -0.05) is 19.9 Å². The molecule has 2 heterocycles. The Morgan fingerprint density at radius 3 is 2.57 bits per heavy atom. The average Bonchev–Trinajstić information content (AvgIpc) is 3.15. The minimum absolute atomic E-state index is 0.718. The van der Waals surface area contributed by atoms with E-state index in [0.717, 1.165) is 24.1 Å². The van der Waals surface area contributed by atoms with Gasteiger partial charge in [-0.25, -0.2) is 0 Å². The van der Waals surface area contributed by atoms with E-state index in [9.17, 15) is 0 Å². The van der Waals surface area contributed by atoms with Crippen LogP contribution in [0.3, 0.4) is 0 Å². The molecule has 0 aliphatic carbocycles. The second kappa shape index (κ2) is 8.23. The van der Waals surface area contributed by atoms with Crippen LogP contribution in [0.4, 0.5) is 0 Å². The number of aromatic nitrogens is 2. The van der Waals surface area contributed by atoms with Crippen LogP contribution in [0.2, 0.25) is 0 Å². The Balaban J connectivity index is 0.000000510. The van der Waals surface area contributed by atoms with Gasteiger partial charge in [0.05, 0.1) is 17.8 Å². The molecule has 0 fully saturated rings. The van der Waals surface area contributed by atoms with Gasteiger partial charge in [0.1, 0.15) is 0 Å². The van der Waals surface area contributed by atoms with Gasteiger partial charge < -0.3 is 5.73 Å². The van der Waals surface area contributed by atoms with Gasteiger partial charge in [-0.2, -0.15) is 10.4 Å². The predicted octanol–water partition coefficient (Wildman–Crippen LogP) is 3.28. The van der Waals surface area contributed by atoms with Crippen LogP contribution in [-0.4, -0.2) is 16.8 Å². The second-order valence-electron chi connectivity index (χ2n) is 4.47. The van der Waals surface area contributed by atoms with Crippen molar-refractivity contribution in [3.8, 4) is 17.2 Å². The lowest BCUT2D eigenvalue weighted by molar-refractivity contribution is 0.656. The molecule has 0 unspecified atom stereocenters. The van der Waals surface area contributed by atoms with Crippen LogP contribution < -0.4 is 5.73 Å². The van der Waals surface area contributed by atoms with Crippen molar-refractivity contribution in [3.63, 3.8) is 0 Å². The number of benzene rings is 1. The maximum Gasteiger partial charge on any atom is 0.0991 e. The fraction of sp³-hybridized carbons (Fsp3) is 0.412. The number of aryl methyl sites for hydroxylation is 2. The highest BCUT2D eigenvalue weighted by Gasteiger charge is 2.18. The van der Waals surface area contributed by atoms with Gasteiger partial charge in [0.2, 0.25) is 0 Å². The van der Waals surface area contributed by atoms with Crippen molar-refractivity contribution in [1.29, 1.82) is 5.26 Å². The highest BCUT2D eigenvalue weighted by Crippen LogP contribution is 2.30. The third-order valence-corrected chi connectivity index (χ3v) is 3.38. The molecule has 4 nitrogen and oxygen atoms in total. The molecule has 0 bridgehead atoms. The molecule has 1 aromatic heterocycles. The summed E-state index contributed by atoms with van der Waals surface area (Å²) in [5, 5.41) is 13.3. The minimum Gasteiger partial charge on any atom is -0.333 e. The Labute approximate surface area is 127 Å². The summed E-state index contributed by atoms with van der Waals surface area (Å²) in [6.07, 6.45) is 4.24. The Hall–Kier alpha value is -2.12. The molecule has 0 saturated carbocycles. The standard InChI is InChI=1S/C14H13N3.C2H6.CH5N/c1-10-7-11(8-15)4-5-12(10)13-9-16-17-6-2-3-14(13)17;2*1-2/h4-5,7,9H,2-3,6H2,1H3;1-2H3;2H2,1H3. The van der Waals surface area contributed by atoms with Crippen molar-refractivity contribution < 1.29 is 0 Å². The summed E-state index contributed by atoms with van der Waals surface area (Å²) < 4.78 is 2.09. The number of rotatable bonds is 1. The quantitative estimate of drug-likeness (QED) is 0.873. The molecule has 0 amide bonds. The summed E-state index contributed by atoms with van der Waals surface area (Å²) in [5.41, 5.74) is 10.1. The maximum atomic E-state index is 8.87. The summed E-state index contributed by atoms with van der Waals surface area (Å²) in [5.74, 6) is 0. The molecule has 1 aliphatic heterocycles. The Morgan fingerprint density at radius 1 is 1.24 bits per heavy atom. The topological polar surface area (TPSA) is 67.6 Å². The number of hydrogen-bond donors (Lipinski definition) is 1. The zero-order valence-electron chi connectivity index (χ0n) is 13.3. The second-order valence-corrected chi connectivity index (χ2v) is 4.47.